The van der Waals surface area contributed by atoms with Crippen molar-refractivity contribution in [3.8, 4) is 5.69 Å². The number of nitrogens with zero attached hydrogens (tertiary/aromatic N) is 5. The van der Waals surface area contributed by atoms with Gasteiger partial charge in [0.05, 0.1) is 0 Å². The maximum Gasteiger partial charge on any atom is 0.123 e. The number of nitrogens with one attached hydrogen (secondary N) is 1. The number of likely N-dealkylation sites (tertiary alicyclic amines) is 1. The fraction of sp³-hybridized carbons (Fsp3) is 0.308. The molecular weight excluding hydrogens is 396 g/mol. The van der Waals surface area contributed by atoms with E-state index < -0.39 is 0 Å². The van der Waals surface area contributed by atoms with Gasteiger partial charge in [0.25, 0.3) is 0 Å². The Kier molecular flexibility index (Phi) is 5.00. The van der Waals surface area contributed by atoms with Crippen LogP contribution in [0.25, 0.3) is 16.6 Å². The predicted octanol–water partition coefficient (Wildman–Crippen LogP) is 4.01. The first-order chi connectivity index (χ1) is 15.8. The van der Waals surface area contributed by atoms with E-state index in [2.05, 4.69) is 85.9 Å². The summed E-state index contributed by atoms with van der Waals surface area (Å²) in [6, 6.07) is 17.3. The molecule has 0 amide bonds. The van der Waals surface area contributed by atoms with Crippen LogP contribution in [0.4, 0.5) is 0 Å². The zero-order chi connectivity index (χ0) is 21.3. The Bertz CT molecular complexity index is 1220. The number of aromatic nitrogens is 4. The Balaban J connectivity index is 1.05. The molecule has 2 aromatic heterocycles. The van der Waals surface area contributed by atoms with Crippen LogP contribution < -0.4 is 0 Å². The van der Waals surface area contributed by atoms with Crippen molar-refractivity contribution in [3.63, 3.8) is 0 Å². The molecule has 0 aliphatic carbocycles. The van der Waals surface area contributed by atoms with Gasteiger partial charge in [-0.05, 0) is 54.3 Å². The lowest BCUT2D eigenvalue weighted by Crippen LogP contribution is -2.26. The summed E-state index contributed by atoms with van der Waals surface area (Å²) >= 11 is 0. The lowest BCUT2D eigenvalue weighted by molar-refractivity contribution is 0.285. The molecule has 4 heterocycles. The maximum atomic E-state index is 3.92. The van der Waals surface area contributed by atoms with Gasteiger partial charge >= 0.3 is 0 Å². The van der Waals surface area contributed by atoms with Gasteiger partial charge in [-0.1, -0.05) is 30.3 Å². The van der Waals surface area contributed by atoms with Crippen LogP contribution in [0.15, 0.2) is 79.2 Å². The van der Waals surface area contributed by atoms with Crippen LogP contribution in [-0.4, -0.2) is 55.7 Å². The quantitative estimate of drug-likeness (QED) is 0.487. The molecule has 2 aromatic carbocycles. The summed E-state index contributed by atoms with van der Waals surface area (Å²) in [6.45, 7) is 5.67. The Morgan fingerprint density at radius 3 is 2.72 bits per heavy atom. The standard InChI is InChI=1S/C26H28N6/c1-2-5-20(6-3-1)13-31-16-22-14-30(15-23(22)17-31)10-4-7-21-12-27-26-9-8-24(11-25(21)26)32-18-28-29-19-32/h1-3,5-6,8-9,11-12,16,18-19,23,27H,4,7,10,13-15,17H2. The first kappa shape index (κ1) is 19.3. The molecule has 6 nitrogen and oxygen atoms in total. The van der Waals surface area contributed by atoms with E-state index in [0.717, 1.165) is 38.3 Å². The summed E-state index contributed by atoms with van der Waals surface area (Å²) in [5.74, 6) is 0.707. The van der Waals surface area contributed by atoms with E-state index in [1.165, 1.54) is 35.0 Å². The van der Waals surface area contributed by atoms with Crippen LogP contribution >= 0.6 is 0 Å². The second kappa shape index (κ2) is 8.28. The van der Waals surface area contributed by atoms with Gasteiger partial charge in [0, 0.05) is 61.1 Å². The highest BCUT2D eigenvalue weighted by Crippen LogP contribution is 2.31. The van der Waals surface area contributed by atoms with E-state index in [9.17, 15) is 0 Å². The smallest absolute Gasteiger partial charge is 0.123 e. The normalized spacial score (nSPS) is 18.4. The average molecular weight is 425 g/mol. The van der Waals surface area contributed by atoms with Gasteiger partial charge in [0.15, 0.2) is 0 Å². The van der Waals surface area contributed by atoms with Gasteiger partial charge in [-0.25, -0.2) is 0 Å². The number of fused-ring (bicyclic) bond motifs is 2. The fourth-order valence-electron chi connectivity index (χ4n) is 5.23. The van der Waals surface area contributed by atoms with Gasteiger partial charge in [-0.15, -0.1) is 10.2 Å². The summed E-state index contributed by atoms with van der Waals surface area (Å²) in [4.78, 5) is 8.55. The van der Waals surface area contributed by atoms with Gasteiger partial charge in [0.2, 0.25) is 0 Å². The average Bonchev–Trinajstić information content (AvgIpc) is 3.59. The molecule has 2 aliphatic heterocycles. The minimum absolute atomic E-state index is 0.707. The van der Waals surface area contributed by atoms with E-state index in [1.54, 1.807) is 18.2 Å². The second-order valence-corrected chi connectivity index (χ2v) is 9.07. The number of rotatable bonds is 7. The summed E-state index contributed by atoms with van der Waals surface area (Å²) in [5, 5.41) is 9.15. The number of aryl methyl sites for hydroxylation is 1. The summed E-state index contributed by atoms with van der Waals surface area (Å²) in [5.41, 5.74) is 6.69. The highest BCUT2D eigenvalue weighted by molar-refractivity contribution is 5.85. The third-order valence-electron chi connectivity index (χ3n) is 6.83. The topological polar surface area (TPSA) is 53.0 Å². The summed E-state index contributed by atoms with van der Waals surface area (Å²) < 4.78 is 1.95. The third kappa shape index (κ3) is 3.82. The summed E-state index contributed by atoms with van der Waals surface area (Å²) in [7, 11) is 0. The van der Waals surface area contributed by atoms with Gasteiger partial charge in [-0.3, -0.25) is 9.47 Å². The molecular formula is C26H28N6. The molecule has 2 aliphatic rings. The largest absolute Gasteiger partial charge is 0.372 e. The number of benzene rings is 2. The van der Waals surface area contributed by atoms with Gasteiger partial charge in [-0.2, -0.15) is 0 Å². The minimum Gasteiger partial charge on any atom is -0.372 e. The van der Waals surface area contributed by atoms with E-state index >= 15 is 0 Å². The van der Waals surface area contributed by atoms with Crippen LogP contribution in [0.3, 0.4) is 0 Å². The van der Waals surface area contributed by atoms with Crippen molar-refractivity contribution in [2.75, 3.05) is 26.2 Å². The molecule has 32 heavy (non-hydrogen) atoms. The van der Waals surface area contributed by atoms with Crippen molar-refractivity contribution < 1.29 is 0 Å². The summed E-state index contributed by atoms with van der Waals surface area (Å²) in [6.07, 6.45) is 10.3. The van der Waals surface area contributed by atoms with E-state index in [-0.39, 0.29) is 0 Å². The van der Waals surface area contributed by atoms with Crippen molar-refractivity contribution in [2.24, 2.45) is 5.92 Å². The highest BCUT2D eigenvalue weighted by Gasteiger charge is 2.32. The van der Waals surface area contributed by atoms with Crippen molar-refractivity contribution in [1.82, 2.24) is 29.5 Å². The van der Waals surface area contributed by atoms with Crippen LogP contribution in [0.5, 0.6) is 0 Å². The van der Waals surface area contributed by atoms with Crippen molar-refractivity contribution in [2.45, 2.75) is 19.4 Å². The molecule has 1 fully saturated rings. The molecule has 0 radical (unpaired) electrons. The molecule has 6 rings (SSSR count). The molecule has 4 aromatic rings. The Morgan fingerprint density at radius 1 is 1.00 bits per heavy atom. The Morgan fingerprint density at radius 2 is 1.88 bits per heavy atom. The zero-order valence-electron chi connectivity index (χ0n) is 18.2. The van der Waals surface area contributed by atoms with E-state index in [0.29, 0.717) is 5.92 Å². The molecule has 0 saturated carbocycles. The van der Waals surface area contributed by atoms with Gasteiger partial charge < -0.3 is 9.88 Å². The van der Waals surface area contributed by atoms with Crippen molar-refractivity contribution >= 4 is 10.9 Å². The minimum atomic E-state index is 0.707. The highest BCUT2D eigenvalue weighted by atomic mass is 15.2. The molecule has 0 bridgehead atoms. The van der Waals surface area contributed by atoms with Crippen molar-refractivity contribution in [1.29, 1.82) is 0 Å². The monoisotopic (exact) mass is 424 g/mol. The number of H-pyrrole nitrogens is 1. The Labute approximate surface area is 188 Å². The van der Waals surface area contributed by atoms with Crippen LogP contribution in [0.1, 0.15) is 17.5 Å². The van der Waals surface area contributed by atoms with Crippen LogP contribution in [-0.2, 0) is 13.0 Å². The van der Waals surface area contributed by atoms with E-state index in [4.69, 9.17) is 0 Å². The first-order valence-corrected chi connectivity index (χ1v) is 11.5. The molecule has 0 spiro atoms. The lowest BCUT2D eigenvalue weighted by atomic mass is 10.1. The molecule has 162 valence electrons. The number of hydrogen-bond acceptors (Lipinski definition) is 4. The predicted molar refractivity (Wildman–Crippen MR) is 126 cm³/mol. The fourth-order valence-corrected chi connectivity index (χ4v) is 5.23. The van der Waals surface area contributed by atoms with E-state index in [1.807, 2.05) is 4.57 Å². The maximum absolute atomic E-state index is 3.92. The van der Waals surface area contributed by atoms with Crippen molar-refractivity contribution in [3.05, 3.63) is 90.3 Å². The van der Waals surface area contributed by atoms with Gasteiger partial charge in [0.1, 0.15) is 12.7 Å². The third-order valence-corrected chi connectivity index (χ3v) is 6.83. The lowest BCUT2D eigenvalue weighted by Gasteiger charge is -2.20. The Hall–Kier alpha value is -3.38. The molecule has 1 unspecified atom stereocenters. The molecule has 1 saturated heterocycles. The molecule has 1 atom stereocenters. The first-order valence-electron chi connectivity index (χ1n) is 11.5. The molecule has 6 heteroatoms. The zero-order valence-corrected chi connectivity index (χ0v) is 18.2. The SMILES string of the molecule is C1=C2CN(CCCc3c[nH]c4ccc(-n5cnnc5)cc34)CC2CN1Cc1ccccc1. The van der Waals surface area contributed by atoms with Crippen LogP contribution in [0.2, 0.25) is 0 Å². The second-order valence-electron chi connectivity index (χ2n) is 9.07. The van der Waals surface area contributed by atoms with Crippen LogP contribution in [0, 0.1) is 5.92 Å². The number of hydrogen-bond donors (Lipinski definition) is 1. The number of aromatic amines is 1. The molecule has 1 N–H and O–H groups in total.